The van der Waals surface area contributed by atoms with E-state index in [4.69, 9.17) is 11.5 Å². The highest BCUT2D eigenvalue weighted by Gasteiger charge is 2.28. The molecule has 1 fully saturated rings. The number of aliphatic imine (C=N–C) groups is 1. The zero-order chi connectivity index (χ0) is 10.7. The Morgan fingerprint density at radius 1 is 1.53 bits per heavy atom. The van der Waals surface area contributed by atoms with Crippen LogP contribution < -0.4 is 11.5 Å². The smallest absolute Gasteiger partial charge is 0.0817 e. The van der Waals surface area contributed by atoms with Crippen molar-refractivity contribution in [2.45, 2.75) is 12.8 Å². The minimum absolute atomic E-state index is 0.477. The first-order chi connectivity index (χ1) is 7.31. The van der Waals surface area contributed by atoms with E-state index in [0.717, 1.165) is 24.2 Å². The minimum Gasteiger partial charge on any atom is -0.403 e. The molecule has 2 rings (SSSR count). The van der Waals surface area contributed by atoms with Gasteiger partial charge in [-0.25, -0.2) is 4.99 Å². The zero-order valence-electron chi connectivity index (χ0n) is 8.43. The summed E-state index contributed by atoms with van der Waals surface area (Å²) in [6.45, 7) is 0. The quantitative estimate of drug-likeness (QED) is 0.726. The maximum absolute atomic E-state index is 5.79. The molecule has 0 unspecified atom stereocenters. The average molecular weight is 202 g/mol. The third kappa shape index (κ3) is 2.34. The molecule has 4 nitrogen and oxygen atoms in total. The van der Waals surface area contributed by atoms with Gasteiger partial charge < -0.3 is 11.5 Å². The number of allylic oxidation sites excluding steroid dienone is 1. The Hall–Kier alpha value is -1.84. The van der Waals surface area contributed by atoms with E-state index < -0.39 is 0 Å². The van der Waals surface area contributed by atoms with Crippen LogP contribution in [-0.4, -0.2) is 10.7 Å². The number of aromatic nitrogens is 1. The van der Waals surface area contributed by atoms with Crippen molar-refractivity contribution in [3.8, 4) is 0 Å². The van der Waals surface area contributed by atoms with E-state index in [9.17, 15) is 0 Å². The summed E-state index contributed by atoms with van der Waals surface area (Å²) in [6, 6.07) is 3.75. The van der Waals surface area contributed by atoms with Crippen LogP contribution in [0.1, 0.15) is 12.8 Å². The van der Waals surface area contributed by atoms with Gasteiger partial charge in [0.15, 0.2) is 0 Å². The lowest BCUT2D eigenvalue weighted by Gasteiger charge is -2.04. The zero-order valence-corrected chi connectivity index (χ0v) is 8.43. The van der Waals surface area contributed by atoms with Crippen LogP contribution in [0.4, 0.5) is 5.69 Å². The Labute approximate surface area is 88.7 Å². The lowest BCUT2D eigenvalue weighted by Crippen LogP contribution is -2.15. The highest BCUT2D eigenvalue weighted by atomic mass is 14.8. The van der Waals surface area contributed by atoms with E-state index in [0.29, 0.717) is 11.6 Å². The molecule has 1 heterocycles. The van der Waals surface area contributed by atoms with E-state index in [1.54, 1.807) is 12.4 Å². The summed E-state index contributed by atoms with van der Waals surface area (Å²) in [7, 11) is 0. The molecule has 15 heavy (non-hydrogen) atoms. The number of hydrogen-bond donors (Lipinski definition) is 2. The Kier molecular flexibility index (Phi) is 2.67. The number of nitrogens with zero attached hydrogens (tertiary/aromatic N) is 2. The lowest BCUT2D eigenvalue weighted by molar-refractivity contribution is 1.15. The first-order valence-electron chi connectivity index (χ1n) is 4.97. The first-order valence-corrected chi connectivity index (χ1v) is 4.97. The van der Waals surface area contributed by atoms with Gasteiger partial charge in [-0.3, -0.25) is 4.98 Å². The van der Waals surface area contributed by atoms with Gasteiger partial charge in [0.05, 0.1) is 23.3 Å². The predicted octanol–water partition coefficient (Wildman–Crippen LogP) is 1.32. The van der Waals surface area contributed by atoms with Gasteiger partial charge in [-0.2, -0.15) is 0 Å². The molecule has 1 aliphatic rings. The van der Waals surface area contributed by atoms with Crippen LogP contribution in [0.15, 0.2) is 41.4 Å². The van der Waals surface area contributed by atoms with Gasteiger partial charge in [0.25, 0.3) is 0 Å². The van der Waals surface area contributed by atoms with Crippen molar-refractivity contribution in [2.24, 2.45) is 22.4 Å². The van der Waals surface area contributed by atoms with Gasteiger partial charge >= 0.3 is 0 Å². The van der Waals surface area contributed by atoms with Crippen molar-refractivity contribution in [3.05, 3.63) is 36.4 Å². The summed E-state index contributed by atoms with van der Waals surface area (Å²) in [4.78, 5) is 8.48. The third-order valence-corrected chi connectivity index (χ3v) is 2.33. The van der Waals surface area contributed by atoms with Crippen molar-refractivity contribution < 1.29 is 0 Å². The van der Waals surface area contributed by atoms with Gasteiger partial charge in [0.2, 0.25) is 0 Å². The molecule has 0 atom stereocenters. The van der Waals surface area contributed by atoms with Crippen LogP contribution in [0.25, 0.3) is 0 Å². The van der Waals surface area contributed by atoms with Crippen LogP contribution in [-0.2, 0) is 0 Å². The number of nitrogens with two attached hydrogens (primary N) is 2. The molecule has 0 spiro atoms. The molecule has 1 aliphatic carbocycles. The molecule has 1 aromatic heterocycles. The molecule has 0 bridgehead atoms. The summed E-state index contributed by atoms with van der Waals surface area (Å²) < 4.78 is 0. The van der Waals surface area contributed by atoms with E-state index in [2.05, 4.69) is 9.98 Å². The number of rotatable bonds is 3. The fourth-order valence-corrected chi connectivity index (χ4v) is 1.39. The topological polar surface area (TPSA) is 77.3 Å². The summed E-state index contributed by atoms with van der Waals surface area (Å²) in [5.74, 6) is 0.477. The molecule has 78 valence electrons. The Morgan fingerprint density at radius 2 is 2.33 bits per heavy atom. The van der Waals surface area contributed by atoms with E-state index >= 15 is 0 Å². The minimum atomic E-state index is 0.477. The maximum atomic E-state index is 5.79. The second-order valence-electron chi connectivity index (χ2n) is 3.60. The van der Waals surface area contributed by atoms with Crippen LogP contribution in [0.2, 0.25) is 0 Å². The Balaban J connectivity index is 2.28. The number of pyridine rings is 1. The van der Waals surface area contributed by atoms with Crippen molar-refractivity contribution in [1.29, 1.82) is 0 Å². The highest BCUT2D eigenvalue weighted by Crippen LogP contribution is 2.33. The van der Waals surface area contributed by atoms with Crippen molar-refractivity contribution in [1.82, 2.24) is 4.98 Å². The van der Waals surface area contributed by atoms with Gasteiger partial charge in [-0.05, 0) is 25.0 Å². The fourth-order valence-electron chi connectivity index (χ4n) is 1.39. The summed E-state index contributed by atoms with van der Waals surface area (Å²) >= 11 is 0. The highest BCUT2D eigenvalue weighted by molar-refractivity contribution is 6.03. The molecule has 0 aromatic carbocycles. The average Bonchev–Trinajstić information content (AvgIpc) is 3.10. The molecule has 1 aromatic rings. The van der Waals surface area contributed by atoms with E-state index in [1.807, 2.05) is 12.1 Å². The van der Waals surface area contributed by atoms with Crippen LogP contribution in [0.5, 0.6) is 0 Å². The van der Waals surface area contributed by atoms with Gasteiger partial charge in [-0.1, -0.05) is 0 Å². The molecular weight excluding hydrogens is 188 g/mol. The van der Waals surface area contributed by atoms with Crippen LogP contribution >= 0.6 is 0 Å². The van der Waals surface area contributed by atoms with Gasteiger partial charge in [0, 0.05) is 18.3 Å². The largest absolute Gasteiger partial charge is 0.403 e. The first kappa shape index (κ1) is 9.71. The molecule has 1 saturated carbocycles. The summed E-state index contributed by atoms with van der Waals surface area (Å²) in [5, 5.41) is 0. The second-order valence-corrected chi connectivity index (χ2v) is 3.60. The molecule has 0 saturated heterocycles. The third-order valence-electron chi connectivity index (χ3n) is 2.33. The normalized spacial score (nSPS) is 17.9. The van der Waals surface area contributed by atoms with E-state index in [-0.39, 0.29) is 0 Å². The standard InChI is InChI=1S/C11H14N4/c12-6-10(13)11(8-3-4-8)15-9-2-1-5-14-7-9/h1-2,5-8H,3-4,12-13H2/b10-6+,15-11?. The molecule has 0 aliphatic heterocycles. The molecule has 4 N–H and O–H groups in total. The van der Waals surface area contributed by atoms with Crippen LogP contribution in [0, 0.1) is 5.92 Å². The Bertz CT molecular complexity index is 390. The fraction of sp³-hybridized carbons (Fsp3) is 0.273. The SMILES string of the molecule is N/C=C(/N)C(=Nc1cccnc1)C1CC1. The second kappa shape index (κ2) is 4.13. The van der Waals surface area contributed by atoms with Crippen molar-refractivity contribution in [2.75, 3.05) is 0 Å². The Morgan fingerprint density at radius 3 is 2.87 bits per heavy atom. The lowest BCUT2D eigenvalue weighted by atomic mass is 10.2. The predicted molar refractivity (Wildman–Crippen MR) is 60.5 cm³/mol. The molecule has 0 radical (unpaired) electrons. The summed E-state index contributed by atoms with van der Waals surface area (Å²) in [5.41, 5.74) is 13.5. The van der Waals surface area contributed by atoms with Crippen molar-refractivity contribution in [3.63, 3.8) is 0 Å². The van der Waals surface area contributed by atoms with Crippen molar-refractivity contribution >= 4 is 11.4 Å². The number of hydrogen-bond acceptors (Lipinski definition) is 4. The van der Waals surface area contributed by atoms with Crippen LogP contribution in [0.3, 0.4) is 0 Å². The molecule has 4 heteroatoms. The van der Waals surface area contributed by atoms with Gasteiger partial charge in [0.1, 0.15) is 0 Å². The summed E-state index contributed by atoms with van der Waals surface area (Å²) in [6.07, 6.45) is 7.14. The maximum Gasteiger partial charge on any atom is 0.0817 e. The monoisotopic (exact) mass is 202 g/mol. The molecule has 0 amide bonds. The van der Waals surface area contributed by atoms with E-state index in [1.165, 1.54) is 6.20 Å². The molecular formula is C11H14N4. The van der Waals surface area contributed by atoms with Gasteiger partial charge in [-0.15, -0.1) is 0 Å².